The molecule has 0 amide bonds. The maximum atomic E-state index is 13.0. The second-order valence-corrected chi connectivity index (χ2v) is 8.75. The maximum Gasteiger partial charge on any atom is 0.335 e. The van der Waals surface area contributed by atoms with E-state index < -0.39 is 5.97 Å². The molecule has 148 valence electrons. The van der Waals surface area contributed by atoms with Crippen LogP contribution in [-0.2, 0) is 4.79 Å². The molecule has 2 atom stereocenters. The molecule has 3 rings (SSSR count). The Kier molecular flexibility index (Phi) is 7.09. The molecule has 0 radical (unpaired) electrons. The van der Waals surface area contributed by atoms with Crippen LogP contribution in [0.1, 0.15) is 99.4 Å². The SMILES string of the molecule is CCCCCC1CCC(C(=O)C2CCC(c3ccc(C(=O)O)cc3)CC2)C1. The van der Waals surface area contributed by atoms with Crippen molar-refractivity contribution >= 4 is 11.8 Å². The van der Waals surface area contributed by atoms with Crippen molar-refractivity contribution in [3.63, 3.8) is 0 Å². The lowest BCUT2D eigenvalue weighted by molar-refractivity contribution is -0.127. The number of benzene rings is 1. The first-order chi connectivity index (χ1) is 13.1. The fourth-order valence-electron chi connectivity index (χ4n) is 5.22. The molecule has 0 bridgehead atoms. The van der Waals surface area contributed by atoms with Crippen molar-refractivity contribution in [3.05, 3.63) is 35.4 Å². The first-order valence-corrected chi connectivity index (χ1v) is 11.0. The van der Waals surface area contributed by atoms with Gasteiger partial charge in [-0.1, -0.05) is 44.7 Å². The molecule has 3 heteroatoms. The van der Waals surface area contributed by atoms with E-state index in [4.69, 9.17) is 5.11 Å². The Morgan fingerprint density at radius 3 is 2.22 bits per heavy atom. The molecule has 1 N–H and O–H groups in total. The van der Waals surface area contributed by atoms with E-state index in [2.05, 4.69) is 6.92 Å². The Morgan fingerprint density at radius 1 is 0.926 bits per heavy atom. The molecule has 0 saturated heterocycles. The third-order valence-corrected chi connectivity index (χ3v) is 6.92. The van der Waals surface area contributed by atoms with Gasteiger partial charge in [-0.05, 0) is 74.5 Å². The second kappa shape index (κ2) is 9.52. The summed E-state index contributed by atoms with van der Waals surface area (Å²) in [4.78, 5) is 24.0. The van der Waals surface area contributed by atoms with Gasteiger partial charge in [-0.15, -0.1) is 0 Å². The lowest BCUT2D eigenvalue weighted by Gasteiger charge is -2.29. The highest BCUT2D eigenvalue weighted by atomic mass is 16.4. The average Bonchev–Trinajstić information content (AvgIpc) is 3.17. The first-order valence-electron chi connectivity index (χ1n) is 11.0. The number of carbonyl (C=O) groups is 2. The number of hydrogen-bond donors (Lipinski definition) is 1. The number of hydrogen-bond acceptors (Lipinski definition) is 2. The number of aromatic carboxylic acids is 1. The van der Waals surface area contributed by atoms with E-state index in [1.807, 2.05) is 12.1 Å². The van der Waals surface area contributed by atoms with Gasteiger partial charge in [-0.3, -0.25) is 4.79 Å². The van der Waals surface area contributed by atoms with Gasteiger partial charge in [-0.2, -0.15) is 0 Å². The van der Waals surface area contributed by atoms with Gasteiger partial charge in [0.1, 0.15) is 5.78 Å². The highest BCUT2D eigenvalue weighted by molar-refractivity contribution is 5.87. The smallest absolute Gasteiger partial charge is 0.335 e. The molecule has 2 unspecified atom stereocenters. The van der Waals surface area contributed by atoms with Crippen molar-refractivity contribution in [2.75, 3.05) is 0 Å². The monoisotopic (exact) mass is 370 g/mol. The highest BCUT2D eigenvalue weighted by Crippen LogP contribution is 2.41. The first kappa shape index (κ1) is 20.1. The van der Waals surface area contributed by atoms with Crippen LogP contribution in [0.3, 0.4) is 0 Å². The number of unbranched alkanes of at least 4 members (excludes halogenated alkanes) is 2. The van der Waals surface area contributed by atoms with Crippen molar-refractivity contribution in [1.29, 1.82) is 0 Å². The van der Waals surface area contributed by atoms with Gasteiger partial charge in [0, 0.05) is 11.8 Å². The summed E-state index contributed by atoms with van der Waals surface area (Å²) in [6.07, 6.45) is 12.9. The summed E-state index contributed by atoms with van der Waals surface area (Å²) in [6, 6.07) is 7.31. The van der Waals surface area contributed by atoms with Crippen LogP contribution >= 0.6 is 0 Å². The third kappa shape index (κ3) is 5.21. The predicted molar refractivity (Wildman–Crippen MR) is 108 cm³/mol. The Labute approximate surface area is 163 Å². The lowest BCUT2D eigenvalue weighted by Crippen LogP contribution is -2.26. The molecule has 1 aromatic rings. The van der Waals surface area contributed by atoms with Crippen molar-refractivity contribution in [2.45, 2.75) is 83.5 Å². The summed E-state index contributed by atoms with van der Waals surface area (Å²) < 4.78 is 0. The standard InChI is InChI=1S/C24H34O3/c1-2-3-4-5-17-6-7-22(16-17)23(25)20-12-8-18(9-13-20)19-10-14-21(15-11-19)24(26)27/h10-11,14-15,17-18,20,22H,2-9,12-13,16H2,1H3,(H,26,27). The van der Waals surface area contributed by atoms with Crippen molar-refractivity contribution in [3.8, 4) is 0 Å². The van der Waals surface area contributed by atoms with Crippen LogP contribution in [0.5, 0.6) is 0 Å². The van der Waals surface area contributed by atoms with Crippen LogP contribution in [0.4, 0.5) is 0 Å². The number of carboxylic acids is 1. The van der Waals surface area contributed by atoms with Crippen molar-refractivity contribution in [2.24, 2.45) is 17.8 Å². The normalized spacial score (nSPS) is 28.2. The van der Waals surface area contributed by atoms with Gasteiger partial charge in [0.2, 0.25) is 0 Å². The van der Waals surface area contributed by atoms with Gasteiger partial charge in [0.05, 0.1) is 5.56 Å². The number of carboxylic acid groups (broad SMARTS) is 1. The molecule has 2 fully saturated rings. The predicted octanol–water partition coefficient (Wildman–Crippen LogP) is 6.22. The van der Waals surface area contributed by atoms with E-state index in [-0.39, 0.29) is 5.92 Å². The molecule has 0 heterocycles. The summed E-state index contributed by atoms with van der Waals surface area (Å²) in [5, 5.41) is 9.03. The molecule has 2 aliphatic carbocycles. The second-order valence-electron chi connectivity index (χ2n) is 8.75. The molecule has 0 aromatic heterocycles. The Hall–Kier alpha value is -1.64. The number of Topliss-reactive ketones (excluding diaryl/α,β-unsaturated/α-hetero) is 1. The zero-order chi connectivity index (χ0) is 19.2. The Bertz CT molecular complexity index is 626. The van der Waals surface area contributed by atoms with Crippen LogP contribution in [-0.4, -0.2) is 16.9 Å². The molecule has 1 aromatic carbocycles. The summed E-state index contributed by atoms with van der Waals surface area (Å²) in [7, 11) is 0. The summed E-state index contributed by atoms with van der Waals surface area (Å²) in [5.41, 5.74) is 1.57. The topological polar surface area (TPSA) is 54.4 Å². The minimum Gasteiger partial charge on any atom is -0.478 e. The Morgan fingerprint density at radius 2 is 1.59 bits per heavy atom. The molecule has 3 nitrogen and oxygen atoms in total. The van der Waals surface area contributed by atoms with Crippen molar-refractivity contribution < 1.29 is 14.7 Å². The Balaban J connectivity index is 1.46. The van der Waals surface area contributed by atoms with Gasteiger partial charge >= 0.3 is 5.97 Å². The number of ketones is 1. The van der Waals surface area contributed by atoms with Crippen molar-refractivity contribution in [1.82, 2.24) is 0 Å². The van der Waals surface area contributed by atoms with Crippen LogP contribution in [0, 0.1) is 17.8 Å². The summed E-state index contributed by atoms with van der Waals surface area (Å²) in [6.45, 7) is 2.25. The fraction of sp³-hybridized carbons (Fsp3) is 0.667. The van der Waals surface area contributed by atoms with Gasteiger partial charge in [0.15, 0.2) is 0 Å². The van der Waals surface area contributed by atoms with Crippen LogP contribution in [0.25, 0.3) is 0 Å². The minimum absolute atomic E-state index is 0.263. The fourth-order valence-corrected chi connectivity index (χ4v) is 5.22. The van der Waals surface area contributed by atoms with E-state index in [0.717, 1.165) is 44.4 Å². The van der Waals surface area contributed by atoms with E-state index in [9.17, 15) is 9.59 Å². The van der Waals surface area contributed by atoms with Crippen LogP contribution in [0.2, 0.25) is 0 Å². The molecule has 0 spiro atoms. The number of rotatable bonds is 8. The van der Waals surface area contributed by atoms with E-state index in [1.54, 1.807) is 12.1 Å². The van der Waals surface area contributed by atoms with E-state index >= 15 is 0 Å². The molecule has 2 aliphatic rings. The van der Waals surface area contributed by atoms with Gasteiger partial charge < -0.3 is 5.11 Å². The highest BCUT2D eigenvalue weighted by Gasteiger charge is 2.35. The molecular weight excluding hydrogens is 336 g/mol. The summed E-state index contributed by atoms with van der Waals surface area (Å²) >= 11 is 0. The zero-order valence-corrected chi connectivity index (χ0v) is 16.7. The number of carbonyl (C=O) groups excluding carboxylic acids is 1. The van der Waals surface area contributed by atoms with Crippen LogP contribution in [0.15, 0.2) is 24.3 Å². The quantitative estimate of drug-likeness (QED) is 0.552. The lowest BCUT2D eigenvalue weighted by atomic mass is 9.74. The zero-order valence-electron chi connectivity index (χ0n) is 16.7. The minimum atomic E-state index is -0.875. The largest absolute Gasteiger partial charge is 0.478 e. The van der Waals surface area contributed by atoms with Gasteiger partial charge in [-0.25, -0.2) is 4.79 Å². The van der Waals surface area contributed by atoms with E-state index in [0.29, 0.717) is 23.2 Å². The maximum absolute atomic E-state index is 13.0. The molecule has 0 aliphatic heterocycles. The molecule has 2 saturated carbocycles. The van der Waals surface area contributed by atoms with Crippen LogP contribution < -0.4 is 0 Å². The van der Waals surface area contributed by atoms with Gasteiger partial charge in [0.25, 0.3) is 0 Å². The molecule has 27 heavy (non-hydrogen) atoms. The third-order valence-electron chi connectivity index (χ3n) is 6.92. The molecular formula is C24H34O3. The van der Waals surface area contributed by atoms with E-state index in [1.165, 1.54) is 37.7 Å². The average molecular weight is 371 g/mol. The summed E-state index contributed by atoms with van der Waals surface area (Å²) in [5.74, 6) is 1.52.